The van der Waals surface area contributed by atoms with Gasteiger partial charge >= 0.3 is 0 Å². The first-order valence-corrected chi connectivity index (χ1v) is 7.18. The minimum Gasteiger partial charge on any atom is -0.497 e. The van der Waals surface area contributed by atoms with E-state index in [0.29, 0.717) is 0 Å². The van der Waals surface area contributed by atoms with Crippen LogP contribution in [0.3, 0.4) is 0 Å². The van der Waals surface area contributed by atoms with Crippen LogP contribution in [0.5, 0.6) is 11.5 Å². The van der Waals surface area contributed by atoms with Gasteiger partial charge in [0.25, 0.3) is 0 Å². The number of fused-ring (bicyclic) bond motifs is 1. The maximum atomic E-state index is 5.53. The van der Waals surface area contributed by atoms with Gasteiger partial charge in [0.05, 0.1) is 25.8 Å². The summed E-state index contributed by atoms with van der Waals surface area (Å²) in [7, 11) is 3.41. The molecule has 18 heavy (non-hydrogen) atoms. The van der Waals surface area contributed by atoms with Crippen molar-refractivity contribution in [3.05, 3.63) is 12.1 Å². The van der Waals surface area contributed by atoms with E-state index in [1.807, 2.05) is 17.8 Å². The van der Waals surface area contributed by atoms with Gasteiger partial charge in [-0.3, -0.25) is 0 Å². The van der Waals surface area contributed by atoms with Gasteiger partial charge in [-0.2, -0.15) is 0 Å². The number of ether oxygens (including phenoxy) is 2. The summed E-state index contributed by atoms with van der Waals surface area (Å²) in [5.74, 6) is 2.73. The van der Waals surface area contributed by atoms with E-state index in [4.69, 9.17) is 9.47 Å². The molecule has 1 aliphatic rings. The predicted octanol–water partition coefficient (Wildman–Crippen LogP) is 3.76. The quantitative estimate of drug-likeness (QED) is 0.828. The summed E-state index contributed by atoms with van der Waals surface area (Å²) in [5.41, 5.74) is 1.34. The summed E-state index contributed by atoms with van der Waals surface area (Å²) in [4.78, 5) is 3.67. The number of methoxy groups -OCH3 is 2. The molecule has 2 rings (SSSR count). The Morgan fingerprint density at radius 1 is 1.28 bits per heavy atom. The topological polar surface area (TPSA) is 21.7 Å². The lowest BCUT2D eigenvalue weighted by atomic mass is 9.99. The first kappa shape index (κ1) is 13.4. The molecule has 0 bridgehead atoms. The van der Waals surface area contributed by atoms with E-state index < -0.39 is 0 Å². The fourth-order valence-corrected chi connectivity index (χ4v) is 3.37. The predicted molar refractivity (Wildman–Crippen MR) is 77.1 cm³/mol. The van der Waals surface area contributed by atoms with Crippen LogP contribution in [0.25, 0.3) is 0 Å². The third-order valence-electron chi connectivity index (χ3n) is 3.68. The van der Waals surface area contributed by atoms with Gasteiger partial charge in [0.1, 0.15) is 11.5 Å². The van der Waals surface area contributed by atoms with E-state index in [2.05, 4.69) is 31.7 Å². The van der Waals surface area contributed by atoms with Crippen LogP contribution in [0.1, 0.15) is 27.2 Å². The molecular formula is C14H21NO2S. The summed E-state index contributed by atoms with van der Waals surface area (Å²) in [6, 6.07) is 4.05. The minimum atomic E-state index is 0.139. The zero-order valence-corrected chi connectivity index (χ0v) is 12.6. The Balaban J connectivity index is 2.49. The van der Waals surface area contributed by atoms with Crippen molar-refractivity contribution in [1.82, 2.24) is 0 Å². The molecule has 100 valence electrons. The van der Waals surface area contributed by atoms with E-state index in [-0.39, 0.29) is 5.54 Å². The molecule has 1 aromatic rings. The number of anilines is 1. The molecular weight excluding hydrogens is 246 g/mol. The van der Waals surface area contributed by atoms with E-state index in [9.17, 15) is 0 Å². The zero-order valence-electron chi connectivity index (χ0n) is 11.7. The van der Waals surface area contributed by atoms with Gasteiger partial charge in [0.2, 0.25) is 0 Å². The summed E-state index contributed by atoms with van der Waals surface area (Å²) in [5, 5.41) is 0. The average molecular weight is 267 g/mol. The minimum absolute atomic E-state index is 0.139. The molecule has 0 spiro atoms. The van der Waals surface area contributed by atoms with E-state index in [1.165, 1.54) is 10.6 Å². The van der Waals surface area contributed by atoms with Crippen molar-refractivity contribution in [3.63, 3.8) is 0 Å². The Labute approximate surface area is 113 Å². The van der Waals surface area contributed by atoms with Crippen molar-refractivity contribution in [2.45, 2.75) is 37.6 Å². The summed E-state index contributed by atoms with van der Waals surface area (Å²) in [6.07, 6.45) is 1.10. The van der Waals surface area contributed by atoms with Gasteiger partial charge in [-0.15, -0.1) is 11.8 Å². The molecule has 0 saturated heterocycles. The van der Waals surface area contributed by atoms with Crippen molar-refractivity contribution in [3.8, 4) is 11.5 Å². The second-order valence-corrected chi connectivity index (χ2v) is 6.03. The van der Waals surface area contributed by atoms with Gasteiger partial charge in [-0.25, -0.2) is 0 Å². The fourth-order valence-electron chi connectivity index (χ4n) is 2.07. The Kier molecular flexibility index (Phi) is 3.66. The highest BCUT2D eigenvalue weighted by Gasteiger charge is 2.34. The summed E-state index contributed by atoms with van der Waals surface area (Å²) < 4.78 is 10.9. The lowest BCUT2D eigenvalue weighted by Gasteiger charge is -2.37. The summed E-state index contributed by atoms with van der Waals surface area (Å²) >= 11 is 1.84. The molecule has 1 aliphatic heterocycles. The van der Waals surface area contributed by atoms with Crippen molar-refractivity contribution in [2.24, 2.45) is 0 Å². The summed E-state index contributed by atoms with van der Waals surface area (Å²) in [6.45, 7) is 6.76. The largest absolute Gasteiger partial charge is 0.497 e. The van der Waals surface area contributed by atoms with Gasteiger partial charge < -0.3 is 14.4 Å². The SMILES string of the molecule is CCC(C)(C)N1CSc2cc(OC)cc(OC)c21. The molecule has 0 aliphatic carbocycles. The lowest BCUT2D eigenvalue weighted by molar-refractivity contribution is 0.387. The number of benzene rings is 1. The van der Waals surface area contributed by atoms with E-state index in [1.54, 1.807) is 14.2 Å². The normalized spacial score (nSPS) is 14.6. The first-order chi connectivity index (χ1) is 8.53. The van der Waals surface area contributed by atoms with Crippen LogP contribution in [-0.4, -0.2) is 25.6 Å². The van der Waals surface area contributed by atoms with Crippen LogP contribution in [-0.2, 0) is 0 Å². The number of hydrogen-bond acceptors (Lipinski definition) is 4. The Hall–Kier alpha value is -1.03. The van der Waals surface area contributed by atoms with Crippen molar-refractivity contribution >= 4 is 17.4 Å². The molecule has 1 aromatic carbocycles. The smallest absolute Gasteiger partial charge is 0.147 e. The van der Waals surface area contributed by atoms with Gasteiger partial charge in [-0.1, -0.05) is 6.92 Å². The second-order valence-electron chi connectivity index (χ2n) is 5.04. The third-order valence-corrected chi connectivity index (χ3v) is 4.69. The molecule has 4 heteroatoms. The highest BCUT2D eigenvalue weighted by atomic mass is 32.2. The number of nitrogens with zero attached hydrogens (tertiary/aromatic N) is 1. The Morgan fingerprint density at radius 2 is 2.00 bits per heavy atom. The molecule has 1 heterocycles. The molecule has 0 fully saturated rings. The molecule has 0 atom stereocenters. The monoisotopic (exact) mass is 267 g/mol. The van der Waals surface area contributed by atoms with Crippen LogP contribution in [0.2, 0.25) is 0 Å². The maximum Gasteiger partial charge on any atom is 0.147 e. The molecule has 0 aromatic heterocycles. The van der Waals surface area contributed by atoms with Crippen molar-refractivity contribution in [2.75, 3.05) is 25.0 Å². The molecule has 3 nitrogen and oxygen atoms in total. The van der Waals surface area contributed by atoms with Crippen LogP contribution >= 0.6 is 11.8 Å². The molecule has 0 saturated carbocycles. The van der Waals surface area contributed by atoms with Crippen LogP contribution in [0.15, 0.2) is 17.0 Å². The van der Waals surface area contributed by atoms with Gasteiger partial charge in [-0.05, 0) is 26.3 Å². The average Bonchev–Trinajstić information content (AvgIpc) is 2.81. The molecule has 0 radical (unpaired) electrons. The Morgan fingerprint density at radius 3 is 2.56 bits per heavy atom. The fraction of sp³-hybridized carbons (Fsp3) is 0.571. The standard InChI is InChI=1S/C14H21NO2S/c1-6-14(2,3)15-9-18-12-8-10(16-4)7-11(17-5)13(12)15/h7-8H,6,9H2,1-5H3. The third kappa shape index (κ3) is 2.14. The van der Waals surface area contributed by atoms with Crippen LogP contribution < -0.4 is 14.4 Å². The van der Waals surface area contributed by atoms with E-state index in [0.717, 1.165) is 23.8 Å². The number of rotatable bonds is 4. The Bertz CT molecular complexity index is 446. The first-order valence-electron chi connectivity index (χ1n) is 6.20. The van der Waals surface area contributed by atoms with Crippen LogP contribution in [0.4, 0.5) is 5.69 Å². The van der Waals surface area contributed by atoms with Gasteiger partial charge in [0, 0.05) is 16.5 Å². The van der Waals surface area contributed by atoms with Gasteiger partial charge in [0.15, 0.2) is 0 Å². The molecule has 0 unspecified atom stereocenters. The van der Waals surface area contributed by atoms with Crippen LogP contribution in [0, 0.1) is 0 Å². The second kappa shape index (κ2) is 4.92. The highest BCUT2D eigenvalue weighted by molar-refractivity contribution is 7.99. The highest BCUT2D eigenvalue weighted by Crippen LogP contribution is 2.50. The maximum absolute atomic E-state index is 5.53. The molecule has 0 amide bonds. The number of thioether (sulfide) groups is 1. The van der Waals surface area contributed by atoms with E-state index >= 15 is 0 Å². The number of hydrogen-bond donors (Lipinski definition) is 0. The van der Waals surface area contributed by atoms with Crippen molar-refractivity contribution in [1.29, 1.82) is 0 Å². The van der Waals surface area contributed by atoms with Crippen molar-refractivity contribution < 1.29 is 9.47 Å². The molecule has 0 N–H and O–H groups in total. The lowest BCUT2D eigenvalue weighted by Crippen LogP contribution is -2.41. The zero-order chi connectivity index (χ0) is 13.3.